The van der Waals surface area contributed by atoms with Crippen LogP contribution in [-0.2, 0) is 4.79 Å². The minimum atomic E-state index is 0.0394. The summed E-state index contributed by atoms with van der Waals surface area (Å²) in [6, 6.07) is 6.14. The molecule has 1 heterocycles. The van der Waals surface area contributed by atoms with Crippen LogP contribution in [0.2, 0.25) is 0 Å². The summed E-state index contributed by atoms with van der Waals surface area (Å²) in [6.07, 6.45) is 4.31. The lowest BCUT2D eigenvalue weighted by Crippen LogP contribution is -2.35. The normalized spacial score (nSPS) is 22.4. The molecule has 2 aromatic rings. The van der Waals surface area contributed by atoms with Gasteiger partial charge in [0, 0.05) is 5.92 Å². The van der Waals surface area contributed by atoms with E-state index in [0.29, 0.717) is 17.6 Å². The van der Waals surface area contributed by atoms with Crippen LogP contribution < -0.4 is 11.1 Å². The van der Waals surface area contributed by atoms with Crippen LogP contribution >= 0.6 is 11.3 Å². The molecular weight excluding hydrogens is 282 g/mol. The van der Waals surface area contributed by atoms with Gasteiger partial charge < -0.3 is 11.1 Å². The van der Waals surface area contributed by atoms with Gasteiger partial charge in [-0.3, -0.25) is 4.79 Å². The number of nitrogens with one attached hydrogen (secondary N) is 1. The molecule has 2 atom stereocenters. The summed E-state index contributed by atoms with van der Waals surface area (Å²) < 4.78 is 1.12. The van der Waals surface area contributed by atoms with Crippen LogP contribution in [0.5, 0.6) is 0 Å². The van der Waals surface area contributed by atoms with Gasteiger partial charge in [0.1, 0.15) is 0 Å². The average molecular weight is 303 g/mol. The second-order valence-corrected chi connectivity index (χ2v) is 6.90. The highest BCUT2D eigenvalue weighted by molar-refractivity contribution is 7.22. The molecule has 112 valence electrons. The predicted molar refractivity (Wildman–Crippen MR) is 87.5 cm³/mol. The lowest BCUT2D eigenvalue weighted by molar-refractivity contribution is -0.122. The number of rotatable bonds is 3. The lowest BCUT2D eigenvalue weighted by atomic mass is 9.79. The quantitative estimate of drug-likeness (QED) is 0.914. The van der Waals surface area contributed by atoms with Gasteiger partial charge in [0.15, 0.2) is 5.13 Å². The van der Waals surface area contributed by atoms with Gasteiger partial charge in [0.2, 0.25) is 5.91 Å². The van der Waals surface area contributed by atoms with Crippen LogP contribution in [0.3, 0.4) is 0 Å². The minimum Gasteiger partial charge on any atom is -0.330 e. The molecule has 2 unspecified atom stereocenters. The van der Waals surface area contributed by atoms with Gasteiger partial charge in [-0.1, -0.05) is 30.2 Å². The van der Waals surface area contributed by atoms with Crippen LogP contribution in [-0.4, -0.2) is 17.4 Å². The van der Waals surface area contributed by atoms with E-state index in [1.807, 2.05) is 12.1 Å². The van der Waals surface area contributed by atoms with Gasteiger partial charge in [-0.05, 0) is 49.9 Å². The molecule has 1 aromatic carbocycles. The molecule has 1 fully saturated rings. The molecule has 0 saturated heterocycles. The standard InChI is InChI=1S/C16H21N3OS/c1-10-6-7-13-14(8-10)21-16(18-13)19-15(20)12-5-3-2-4-11(12)9-17/h6-8,11-12H,2-5,9,17H2,1H3,(H,18,19,20). The zero-order chi connectivity index (χ0) is 14.8. The van der Waals surface area contributed by atoms with E-state index in [1.165, 1.54) is 23.3 Å². The lowest BCUT2D eigenvalue weighted by Gasteiger charge is -2.29. The molecule has 1 saturated carbocycles. The molecule has 0 radical (unpaired) electrons. The summed E-state index contributed by atoms with van der Waals surface area (Å²) in [4.78, 5) is 17.0. The Morgan fingerprint density at radius 3 is 3.05 bits per heavy atom. The summed E-state index contributed by atoms with van der Waals surface area (Å²) >= 11 is 1.54. The van der Waals surface area contributed by atoms with E-state index in [9.17, 15) is 4.79 Å². The molecule has 1 aromatic heterocycles. The third-order valence-electron chi connectivity index (χ3n) is 4.32. The topological polar surface area (TPSA) is 68.0 Å². The number of thiazole rings is 1. The van der Waals surface area contributed by atoms with Gasteiger partial charge >= 0.3 is 0 Å². The summed E-state index contributed by atoms with van der Waals surface area (Å²) in [5.41, 5.74) is 7.96. The molecular formula is C16H21N3OS. The Bertz CT molecular complexity index is 652. The van der Waals surface area contributed by atoms with Crippen LogP contribution in [0.1, 0.15) is 31.2 Å². The number of anilines is 1. The van der Waals surface area contributed by atoms with Crippen molar-refractivity contribution in [1.82, 2.24) is 4.98 Å². The van der Waals surface area contributed by atoms with Crippen molar-refractivity contribution in [2.24, 2.45) is 17.6 Å². The van der Waals surface area contributed by atoms with E-state index < -0.39 is 0 Å². The van der Waals surface area contributed by atoms with Gasteiger partial charge in [-0.15, -0.1) is 0 Å². The first-order valence-electron chi connectivity index (χ1n) is 7.55. The fraction of sp³-hybridized carbons (Fsp3) is 0.500. The van der Waals surface area contributed by atoms with E-state index in [1.54, 1.807) is 0 Å². The highest BCUT2D eigenvalue weighted by atomic mass is 32.1. The Balaban J connectivity index is 1.76. The predicted octanol–water partition coefficient (Wildman–Crippen LogP) is 3.31. The molecule has 3 rings (SSSR count). The van der Waals surface area contributed by atoms with Crippen molar-refractivity contribution < 1.29 is 4.79 Å². The number of carbonyl (C=O) groups excluding carboxylic acids is 1. The van der Waals surface area contributed by atoms with Gasteiger partial charge in [0.25, 0.3) is 0 Å². The number of carbonyl (C=O) groups is 1. The van der Waals surface area contributed by atoms with Crippen molar-refractivity contribution in [2.75, 3.05) is 11.9 Å². The Labute approximate surface area is 128 Å². The second-order valence-electron chi connectivity index (χ2n) is 5.87. The SMILES string of the molecule is Cc1ccc2nc(NC(=O)C3CCCCC3CN)sc2c1. The molecule has 1 amide bonds. The highest BCUT2D eigenvalue weighted by Crippen LogP contribution is 2.32. The number of hydrogen-bond acceptors (Lipinski definition) is 4. The van der Waals surface area contributed by atoms with Crippen LogP contribution in [0.4, 0.5) is 5.13 Å². The maximum absolute atomic E-state index is 12.5. The number of hydrogen-bond donors (Lipinski definition) is 2. The highest BCUT2D eigenvalue weighted by Gasteiger charge is 2.30. The van der Waals surface area contributed by atoms with E-state index >= 15 is 0 Å². The van der Waals surface area contributed by atoms with Crippen molar-refractivity contribution in [3.8, 4) is 0 Å². The van der Waals surface area contributed by atoms with E-state index in [2.05, 4.69) is 23.3 Å². The number of benzene rings is 1. The van der Waals surface area contributed by atoms with E-state index in [-0.39, 0.29) is 11.8 Å². The summed E-state index contributed by atoms with van der Waals surface area (Å²) in [7, 11) is 0. The first-order chi connectivity index (χ1) is 10.2. The van der Waals surface area contributed by atoms with Gasteiger partial charge in [-0.25, -0.2) is 4.98 Å². The van der Waals surface area contributed by atoms with Crippen molar-refractivity contribution in [3.63, 3.8) is 0 Å². The maximum Gasteiger partial charge on any atom is 0.229 e. The molecule has 0 spiro atoms. The summed E-state index contributed by atoms with van der Waals surface area (Å²) in [6.45, 7) is 2.66. The van der Waals surface area contributed by atoms with Gasteiger partial charge in [-0.2, -0.15) is 0 Å². The van der Waals surface area contributed by atoms with Crippen LogP contribution in [0.15, 0.2) is 18.2 Å². The average Bonchev–Trinajstić information content (AvgIpc) is 2.88. The molecule has 4 nitrogen and oxygen atoms in total. The van der Waals surface area contributed by atoms with Crippen LogP contribution in [0, 0.1) is 18.8 Å². The fourth-order valence-corrected chi connectivity index (χ4v) is 4.09. The molecule has 21 heavy (non-hydrogen) atoms. The van der Waals surface area contributed by atoms with Crippen LogP contribution in [0.25, 0.3) is 10.2 Å². The summed E-state index contributed by atoms with van der Waals surface area (Å²) in [5.74, 6) is 0.439. The zero-order valence-corrected chi connectivity index (χ0v) is 13.1. The first-order valence-corrected chi connectivity index (χ1v) is 8.37. The number of nitrogens with zero attached hydrogens (tertiary/aromatic N) is 1. The van der Waals surface area contributed by atoms with Crippen molar-refractivity contribution in [1.29, 1.82) is 0 Å². The monoisotopic (exact) mass is 303 g/mol. The number of aryl methyl sites for hydroxylation is 1. The molecule has 1 aliphatic rings. The van der Waals surface area contributed by atoms with Crippen molar-refractivity contribution in [2.45, 2.75) is 32.6 Å². The smallest absolute Gasteiger partial charge is 0.229 e. The van der Waals surface area contributed by atoms with Crippen molar-refractivity contribution in [3.05, 3.63) is 23.8 Å². The first kappa shape index (κ1) is 14.5. The largest absolute Gasteiger partial charge is 0.330 e. The van der Waals surface area contributed by atoms with Crippen molar-refractivity contribution >= 4 is 32.6 Å². The fourth-order valence-electron chi connectivity index (χ4n) is 3.12. The molecule has 1 aliphatic carbocycles. The Hall–Kier alpha value is -1.46. The minimum absolute atomic E-state index is 0.0394. The number of amides is 1. The Morgan fingerprint density at radius 1 is 1.43 bits per heavy atom. The van der Waals surface area contributed by atoms with Gasteiger partial charge in [0.05, 0.1) is 10.2 Å². The molecule has 5 heteroatoms. The number of fused-ring (bicyclic) bond motifs is 1. The molecule has 0 bridgehead atoms. The molecule has 3 N–H and O–H groups in total. The Kier molecular flexibility index (Phi) is 4.22. The van der Waals surface area contributed by atoms with E-state index in [0.717, 1.165) is 29.5 Å². The number of nitrogens with two attached hydrogens (primary N) is 1. The summed E-state index contributed by atoms with van der Waals surface area (Å²) in [5, 5.41) is 3.69. The molecule has 0 aliphatic heterocycles. The Morgan fingerprint density at radius 2 is 2.24 bits per heavy atom. The number of aromatic nitrogens is 1. The maximum atomic E-state index is 12.5. The zero-order valence-electron chi connectivity index (χ0n) is 12.3. The van der Waals surface area contributed by atoms with E-state index in [4.69, 9.17) is 5.73 Å². The third kappa shape index (κ3) is 3.09. The third-order valence-corrected chi connectivity index (χ3v) is 5.26. The second kappa shape index (κ2) is 6.12.